The zero-order chi connectivity index (χ0) is 18.6. The highest BCUT2D eigenvalue weighted by Gasteiger charge is 2.38. The van der Waals surface area contributed by atoms with Crippen molar-refractivity contribution >= 4 is 46.3 Å². The molecule has 0 aromatic heterocycles. The number of hydrogen-bond acceptors (Lipinski definition) is 6. The van der Waals surface area contributed by atoms with Crippen LogP contribution in [0.5, 0.6) is 11.5 Å². The largest absolute Gasteiger partial charge is 0.493 e. The Morgan fingerprint density at radius 1 is 1.48 bits per heavy atom. The minimum atomic E-state index is -1.11. The smallest absolute Gasteiger partial charge is 0.326 e. The number of carboxylic acid groups (broad SMARTS) is 1. The van der Waals surface area contributed by atoms with Gasteiger partial charge in [0, 0.05) is 5.56 Å². The van der Waals surface area contributed by atoms with E-state index in [0.717, 1.165) is 23.1 Å². The topological polar surface area (TPSA) is 76.1 Å². The molecule has 0 radical (unpaired) electrons. The first-order chi connectivity index (χ1) is 11.9. The first-order valence-electron chi connectivity index (χ1n) is 7.70. The maximum atomic E-state index is 12.6. The summed E-state index contributed by atoms with van der Waals surface area (Å²) in [6.45, 7) is 3.93. The van der Waals surface area contributed by atoms with Crippen LogP contribution in [0.3, 0.4) is 0 Å². The lowest BCUT2D eigenvalue weighted by Crippen LogP contribution is -2.41. The van der Waals surface area contributed by atoms with Crippen LogP contribution in [0.1, 0.15) is 25.8 Å². The van der Waals surface area contributed by atoms with Crippen molar-refractivity contribution in [3.63, 3.8) is 0 Å². The number of para-hydroxylation sites is 1. The molecule has 25 heavy (non-hydrogen) atoms. The molecule has 1 saturated heterocycles. The van der Waals surface area contributed by atoms with E-state index in [0.29, 0.717) is 28.6 Å². The molecule has 1 fully saturated rings. The van der Waals surface area contributed by atoms with E-state index in [9.17, 15) is 9.59 Å². The second-order valence-corrected chi connectivity index (χ2v) is 6.97. The van der Waals surface area contributed by atoms with Gasteiger partial charge in [-0.05, 0) is 25.5 Å². The summed E-state index contributed by atoms with van der Waals surface area (Å²) in [5.74, 6) is -0.417. The number of rotatable bonds is 7. The predicted octanol–water partition coefficient (Wildman–Crippen LogP) is 3.16. The van der Waals surface area contributed by atoms with Crippen LogP contribution < -0.4 is 9.47 Å². The molecule has 1 aromatic carbocycles. The fraction of sp³-hybridized carbons (Fsp3) is 0.353. The summed E-state index contributed by atoms with van der Waals surface area (Å²) < 4.78 is 11.3. The molecule has 0 spiro atoms. The Balaban J connectivity index is 2.39. The molecule has 1 aliphatic rings. The van der Waals surface area contributed by atoms with Gasteiger partial charge in [-0.1, -0.05) is 43.0 Å². The van der Waals surface area contributed by atoms with Crippen molar-refractivity contribution in [3.8, 4) is 11.5 Å². The van der Waals surface area contributed by atoms with Gasteiger partial charge in [0.05, 0.1) is 18.6 Å². The van der Waals surface area contributed by atoms with Crippen molar-refractivity contribution in [1.82, 2.24) is 4.90 Å². The lowest BCUT2D eigenvalue weighted by Gasteiger charge is -2.18. The zero-order valence-electron chi connectivity index (χ0n) is 14.1. The van der Waals surface area contributed by atoms with Crippen molar-refractivity contribution < 1.29 is 24.2 Å². The van der Waals surface area contributed by atoms with Gasteiger partial charge in [0.15, 0.2) is 11.5 Å². The molecule has 0 bridgehead atoms. The third-order valence-corrected chi connectivity index (χ3v) is 4.87. The highest BCUT2D eigenvalue weighted by molar-refractivity contribution is 8.26. The third kappa shape index (κ3) is 4.13. The number of thioether (sulfide) groups is 1. The van der Waals surface area contributed by atoms with Crippen molar-refractivity contribution in [2.45, 2.75) is 26.3 Å². The minimum absolute atomic E-state index is 0.227. The molecule has 1 atom stereocenters. The number of thiocarbonyl (C=S) groups is 1. The van der Waals surface area contributed by atoms with Crippen LogP contribution in [0.15, 0.2) is 23.1 Å². The molecular formula is C17H19NO5S2. The summed E-state index contributed by atoms with van der Waals surface area (Å²) >= 11 is 6.24. The number of carbonyl (C=O) groups excluding carboxylic acids is 1. The van der Waals surface area contributed by atoms with E-state index in [4.69, 9.17) is 26.8 Å². The summed E-state index contributed by atoms with van der Waals surface area (Å²) in [7, 11) is 1.55. The molecule has 0 unspecified atom stereocenters. The highest BCUT2D eigenvalue weighted by atomic mass is 32.2. The Hall–Kier alpha value is -2.06. The van der Waals surface area contributed by atoms with Crippen molar-refractivity contribution in [2.24, 2.45) is 0 Å². The van der Waals surface area contributed by atoms with Crippen LogP contribution in [-0.2, 0) is 9.59 Å². The molecular weight excluding hydrogens is 362 g/mol. The maximum absolute atomic E-state index is 12.6. The van der Waals surface area contributed by atoms with Gasteiger partial charge in [0.25, 0.3) is 5.91 Å². The van der Waals surface area contributed by atoms with Gasteiger partial charge in [-0.3, -0.25) is 9.69 Å². The van der Waals surface area contributed by atoms with E-state index in [-0.39, 0.29) is 4.32 Å². The highest BCUT2D eigenvalue weighted by Crippen LogP contribution is 2.38. The molecule has 8 heteroatoms. The maximum Gasteiger partial charge on any atom is 0.326 e. The molecule has 134 valence electrons. The molecule has 0 saturated carbocycles. The van der Waals surface area contributed by atoms with E-state index in [1.165, 1.54) is 6.92 Å². The van der Waals surface area contributed by atoms with E-state index in [1.54, 1.807) is 31.4 Å². The van der Waals surface area contributed by atoms with Crippen LogP contribution in [0, 0.1) is 0 Å². The number of nitrogens with zero attached hydrogens (tertiary/aromatic N) is 1. The summed E-state index contributed by atoms with van der Waals surface area (Å²) in [5, 5.41) is 9.14. The number of ether oxygens (including phenoxy) is 2. The quantitative estimate of drug-likeness (QED) is 0.574. The average molecular weight is 381 g/mol. The standard InChI is InChI=1S/C17H19NO5S2/c1-4-8-23-14-11(6-5-7-12(14)22-3)9-13-15(19)18(17(24)25-13)10(2)16(20)21/h5-7,9-10H,4,8H2,1-3H3,(H,20,21)/b13-9-/t10-/m0/s1. The summed E-state index contributed by atoms with van der Waals surface area (Å²) in [5.41, 5.74) is 0.677. The monoisotopic (exact) mass is 381 g/mol. The van der Waals surface area contributed by atoms with Gasteiger partial charge >= 0.3 is 5.97 Å². The molecule has 1 aromatic rings. The number of aliphatic carboxylic acids is 1. The molecule has 1 N–H and O–H groups in total. The van der Waals surface area contributed by atoms with Crippen molar-refractivity contribution in [1.29, 1.82) is 0 Å². The lowest BCUT2D eigenvalue weighted by molar-refractivity contribution is -0.144. The number of hydrogen-bond donors (Lipinski definition) is 1. The van der Waals surface area contributed by atoms with Crippen LogP contribution >= 0.6 is 24.0 Å². The fourth-order valence-electron chi connectivity index (χ4n) is 2.23. The van der Waals surface area contributed by atoms with Gasteiger partial charge in [-0.15, -0.1) is 0 Å². The number of benzene rings is 1. The Kier molecular flexibility index (Phi) is 6.44. The second-order valence-electron chi connectivity index (χ2n) is 5.29. The fourth-order valence-corrected chi connectivity index (χ4v) is 3.64. The Morgan fingerprint density at radius 2 is 2.20 bits per heavy atom. The molecule has 1 aliphatic heterocycles. The lowest BCUT2D eigenvalue weighted by atomic mass is 10.1. The van der Waals surface area contributed by atoms with Crippen LogP contribution in [0.2, 0.25) is 0 Å². The van der Waals surface area contributed by atoms with Gasteiger partial charge in [0.2, 0.25) is 0 Å². The Bertz CT molecular complexity index is 732. The van der Waals surface area contributed by atoms with Crippen molar-refractivity contribution in [3.05, 3.63) is 28.7 Å². The van der Waals surface area contributed by atoms with Crippen molar-refractivity contribution in [2.75, 3.05) is 13.7 Å². The molecule has 1 heterocycles. The van der Waals surface area contributed by atoms with Gasteiger partial charge < -0.3 is 14.6 Å². The summed E-state index contributed by atoms with van der Waals surface area (Å²) in [6, 6.07) is 4.37. The summed E-state index contributed by atoms with van der Waals surface area (Å²) in [4.78, 5) is 25.2. The number of methoxy groups -OCH3 is 1. The molecule has 2 rings (SSSR count). The molecule has 1 amide bonds. The predicted molar refractivity (Wildman–Crippen MR) is 101 cm³/mol. The van der Waals surface area contributed by atoms with E-state index in [1.807, 2.05) is 6.92 Å². The molecule has 0 aliphatic carbocycles. The molecule has 6 nitrogen and oxygen atoms in total. The normalized spacial score (nSPS) is 17.1. The number of amides is 1. The summed E-state index contributed by atoms with van der Waals surface area (Å²) in [6.07, 6.45) is 2.48. The second kappa shape index (κ2) is 8.35. The van der Waals surface area contributed by atoms with Gasteiger partial charge in [-0.25, -0.2) is 4.79 Å². The number of carboxylic acids is 1. The van der Waals surface area contributed by atoms with Crippen LogP contribution in [0.4, 0.5) is 0 Å². The number of carbonyl (C=O) groups is 2. The third-order valence-electron chi connectivity index (χ3n) is 3.53. The van der Waals surface area contributed by atoms with Gasteiger partial charge in [0.1, 0.15) is 10.4 Å². The average Bonchev–Trinajstić information content (AvgIpc) is 2.86. The Morgan fingerprint density at radius 3 is 2.80 bits per heavy atom. The minimum Gasteiger partial charge on any atom is -0.493 e. The van der Waals surface area contributed by atoms with E-state index >= 15 is 0 Å². The SMILES string of the molecule is CCCOc1c(/C=C2\SC(=S)N([C@@H](C)C(=O)O)C2=O)cccc1OC. The Labute approximate surface area is 155 Å². The van der Waals surface area contributed by atoms with Crippen LogP contribution in [0.25, 0.3) is 6.08 Å². The van der Waals surface area contributed by atoms with E-state index in [2.05, 4.69) is 0 Å². The van der Waals surface area contributed by atoms with E-state index < -0.39 is 17.9 Å². The zero-order valence-corrected chi connectivity index (χ0v) is 15.8. The van der Waals surface area contributed by atoms with Gasteiger partial charge in [-0.2, -0.15) is 0 Å². The first kappa shape index (κ1) is 19.3. The first-order valence-corrected chi connectivity index (χ1v) is 8.92. The van der Waals surface area contributed by atoms with Crippen LogP contribution in [-0.4, -0.2) is 46.0 Å².